The lowest BCUT2D eigenvalue weighted by Gasteiger charge is -2.08. The SMILES string of the molecule is CC(C)c1ccc(C(=O)OCC(=O)NCc2ccccc2)cc1. The Morgan fingerprint density at radius 3 is 2.26 bits per heavy atom. The second kappa shape index (κ2) is 8.13. The second-order valence-electron chi connectivity index (χ2n) is 5.62. The monoisotopic (exact) mass is 311 g/mol. The van der Waals surface area contributed by atoms with Crippen LogP contribution in [-0.4, -0.2) is 18.5 Å². The summed E-state index contributed by atoms with van der Waals surface area (Å²) in [5.74, 6) is -0.403. The Labute approximate surface area is 136 Å². The van der Waals surface area contributed by atoms with E-state index < -0.39 is 5.97 Å². The highest BCUT2D eigenvalue weighted by Gasteiger charge is 2.10. The van der Waals surface area contributed by atoms with Gasteiger partial charge in [-0.05, 0) is 29.2 Å². The van der Waals surface area contributed by atoms with Crippen molar-refractivity contribution in [2.24, 2.45) is 0 Å². The summed E-state index contributed by atoms with van der Waals surface area (Å²) in [5.41, 5.74) is 2.60. The van der Waals surface area contributed by atoms with Gasteiger partial charge in [-0.3, -0.25) is 4.79 Å². The molecule has 120 valence electrons. The summed E-state index contributed by atoms with van der Waals surface area (Å²) in [6.45, 7) is 4.31. The molecule has 4 heteroatoms. The van der Waals surface area contributed by atoms with Crippen LogP contribution in [0.3, 0.4) is 0 Å². The molecule has 0 saturated carbocycles. The Morgan fingerprint density at radius 2 is 1.65 bits per heavy atom. The van der Waals surface area contributed by atoms with Crippen LogP contribution in [0.5, 0.6) is 0 Å². The van der Waals surface area contributed by atoms with Crippen molar-refractivity contribution in [3.05, 3.63) is 71.3 Å². The van der Waals surface area contributed by atoms with E-state index in [-0.39, 0.29) is 12.5 Å². The van der Waals surface area contributed by atoms with Gasteiger partial charge in [-0.2, -0.15) is 0 Å². The molecule has 4 nitrogen and oxygen atoms in total. The fourth-order valence-electron chi connectivity index (χ4n) is 2.07. The van der Waals surface area contributed by atoms with Crippen LogP contribution in [0.2, 0.25) is 0 Å². The van der Waals surface area contributed by atoms with E-state index in [0.717, 1.165) is 11.1 Å². The maximum Gasteiger partial charge on any atom is 0.338 e. The molecule has 23 heavy (non-hydrogen) atoms. The van der Waals surface area contributed by atoms with Crippen molar-refractivity contribution in [3.8, 4) is 0 Å². The fourth-order valence-corrected chi connectivity index (χ4v) is 2.07. The van der Waals surface area contributed by atoms with Crippen molar-refractivity contribution in [2.45, 2.75) is 26.3 Å². The number of carbonyl (C=O) groups excluding carboxylic acids is 2. The van der Waals surface area contributed by atoms with E-state index in [9.17, 15) is 9.59 Å². The molecule has 0 aliphatic carbocycles. The fraction of sp³-hybridized carbons (Fsp3) is 0.263. The van der Waals surface area contributed by atoms with E-state index in [1.165, 1.54) is 0 Å². The average Bonchev–Trinajstić information content (AvgIpc) is 2.58. The molecule has 0 atom stereocenters. The molecular formula is C19H21NO3. The van der Waals surface area contributed by atoms with Gasteiger partial charge < -0.3 is 10.1 Å². The molecule has 0 fully saturated rings. The zero-order chi connectivity index (χ0) is 16.7. The van der Waals surface area contributed by atoms with E-state index in [1.807, 2.05) is 42.5 Å². The van der Waals surface area contributed by atoms with Gasteiger partial charge in [-0.1, -0.05) is 56.3 Å². The Bertz CT molecular complexity index is 648. The van der Waals surface area contributed by atoms with Crippen molar-refractivity contribution in [1.29, 1.82) is 0 Å². The number of hydrogen-bond acceptors (Lipinski definition) is 3. The zero-order valence-electron chi connectivity index (χ0n) is 13.4. The summed E-state index contributed by atoms with van der Waals surface area (Å²) in [6.07, 6.45) is 0. The molecule has 0 unspecified atom stereocenters. The lowest BCUT2D eigenvalue weighted by molar-refractivity contribution is -0.124. The molecule has 0 aromatic heterocycles. The quantitative estimate of drug-likeness (QED) is 0.833. The van der Waals surface area contributed by atoms with Crippen LogP contribution in [0.4, 0.5) is 0 Å². The predicted molar refractivity (Wildman–Crippen MR) is 89.1 cm³/mol. The Kier molecular flexibility index (Phi) is 5.92. The average molecular weight is 311 g/mol. The van der Waals surface area contributed by atoms with E-state index in [4.69, 9.17) is 4.74 Å². The maximum absolute atomic E-state index is 11.9. The standard InChI is InChI=1S/C19H21NO3/c1-14(2)16-8-10-17(11-9-16)19(22)23-13-18(21)20-12-15-6-4-3-5-7-15/h3-11,14H,12-13H2,1-2H3,(H,20,21). The number of ether oxygens (including phenoxy) is 1. The molecule has 0 heterocycles. The molecule has 0 aliphatic heterocycles. The normalized spacial score (nSPS) is 10.4. The number of hydrogen-bond donors (Lipinski definition) is 1. The third kappa shape index (κ3) is 5.25. The maximum atomic E-state index is 11.9. The van der Waals surface area contributed by atoms with Crippen LogP contribution in [0, 0.1) is 0 Å². The largest absolute Gasteiger partial charge is 0.452 e. The summed E-state index contributed by atoms with van der Waals surface area (Å²) in [7, 11) is 0. The molecule has 0 bridgehead atoms. The van der Waals surface area contributed by atoms with Crippen LogP contribution >= 0.6 is 0 Å². The topological polar surface area (TPSA) is 55.4 Å². The van der Waals surface area contributed by atoms with Crippen molar-refractivity contribution in [1.82, 2.24) is 5.32 Å². The summed E-state index contributed by atoms with van der Waals surface area (Å²) in [4.78, 5) is 23.6. The first-order valence-corrected chi connectivity index (χ1v) is 7.64. The summed E-state index contributed by atoms with van der Waals surface area (Å²) < 4.78 is 5.03. The van der Waals surface area contributed by atoms with E-state index in [1.54, 1.807) is 12.1 Å². The van der Waals surface area contributed by atoms with Crippen LogP contribution in [0.15, 0.2) is 54.6 Å². The molecule has 2 rings (SSSR count). The second-order valence-corrected chi connectivity index (χ2v) is 5.62. The molecular weight excluding hydrogens is 290 g/mol. The van der Waals surface area contributed by atoms with Crippen LogP contribution in [0.1, 0.15) is 41.3 Å². The van der Waals surface area contributed by atoms with Gasteiger partial charge in [0.05, 0.1) is 5.56 Å². The van der Waals surface area contributed by atoms with Crippen molar-refractivity contribution >= 4 is 11.9 Å². The van der Waals surface area contributed by atoms with Crippen molar-refractivity contribution < 1.29 is 14.3 Å². The van der Waals surface area contributed by atoms with Gasteiger partial charge in [-0.15, -0.1) is 0 Å². The highest BCUT2D eigenvalue weighted by Crippen LogP contribution is 2.15. The van der Waals surface area contributed by atoms with Gasteiger partial charge in [0.15, 0.2) is 6.61 Å². The van der Waals surface area contributed by atoms with Gasteiger partial charge >= 0.3 is 5.97 Å². The highest BCUT2D eigenvalue weighted by molar-refractivity contribution is 5.91. The Hall–Kier alpha value is -2.62. The van der Waals surface area contributed by atoms with Gasteiger partial charge in [0.2, 0.25) is 0 Å². The third-order valence-electron chi connectivity index (χ3n) is 3.48. The summed E-state index contributed by atoms with van der Waals surface area (Å²) in [6, 6.07) is 16.8. The zero-order valence-corrected chi connectivity index (χ0v) is 13.4. The van der Waals surface area contributed by atoms with Gasteiger partial charge in [-0.25, -0.2) is 4.79 Å². The molecule has 1 amide bonds. The smallest absolute Gasteiger partial charge is 0.338 e. The lowest BCUT2D eigenvalue weighted by Crippen LogP contribution is -2.28. The minimum Gasteiger partial charge on any atom is -0.452 e. The molecule has 0 spiro atoms. The predicted octanol–water partition coefficient (Wildman–Crippen LogP) is 3.28. The first-order valence-electron chi connectivity index (χ1n) is 7.64. The van der Waals surface area contributed by atoms with E-state index >= 15 is 0 Å². The lowest BCUT2D eigenvalue weighted by atomic mass is 10.0. The minimum atomic E-state index is -0.491. The van der Waals surface area contributed by atoms with Gasteiger partial charge in [0.25, 0.3) is 5.91 Å². The molecule has 0 saturated heterocycles. The molecule has 1 N–H and O–H groups in total. The minimum absolute atomic E-state index is 0.280. The van der Waals surface area contributed by atoms with E-state index in [2.05, 4.69) is 19.2 Å². The van der Waals surface area contributed by atoms with Crippen LogP contribution < -0.4 is 5.32 Å². The molecule has 2 aromatic carbocycles. The van der Waals surface area contributed by atoms with Crippen LogP contribution in [0.25, 0.3) is 0 Å². The number of rotatable bonds is 6. The van der Waals surface area contributed by atoms with Crippen molar-refractivity contribution in [3.63, 3.8) is 0 Å². The first kappa shape index (κ1) is 16.7. The van der Waals surface area contributed by atoms with Crippen molar-refractivity contribution in [2.75, 3.05) is 6.61 Å². The molecule has 0 radical (unpaired) electrons. The number of carbonyl (C=O) groups is 2. The number of nitrogens with one attached hydrogen (secondary N) is 1. The van der Waals surface area contributed by atoms with E-state index in [0.29, 0.717) is 18.0 Å². The summed E-state index contributed by atoms with van der Waals surface area (Å²) in [5, 5.41) is 2.71. The highest BCUT2D eigenvalue weighted by atomic mass is 16.5. The Morgan fingerprint density at radius 1 is 1.00 bits per heavy atom. The first-order chi connectivity index (χ1) is 11.1. The number of benzene rings is 2. The Balaban J connectivity index is 1.78. The number of amides is 1. The molecule has 0 aliphatic rings. The van der Waals surface area contributed by atoms with Crippen LogP contribution in [-0.2, 0) is 16.1 Å². The number of esters is 1. The van der Waals surface area contributed by atoms with Gasteiger partial charge in [0.1, 0.15) is 0 Å². The summed E-state index contributed by atoms with van der Waals surface area (Å²) >= 11 is 0. The third-order valence-corrected chi connectivity index (χ3v) is 3.48. The van der Waals surface area contributed by atoms with Gasteiger partial charge in [0, 0.05) is 6.54 Å². The molecule has 2 aromatic rings.